The summed E-state index contributed by atoms with van der Waals surface area (Å²) in [5, 5.41) is 7.65. The van der Waals surface area contributed by atoms with Gasteiger partial charge >= 0.3 is 0 Å². The molecule has 1 atom stereocenters. The lowest BCUT2D eigenvalue weighted by atomic mass is 10.1. The van der Waals surface area contributed by atoms with E-state index < -0.39 is 0 Å². The number of H-pyrrole nitrogens is 1. The number of carbonyl (C=O) groups excluding carboxylic acids is 1. The van der Waals surface area contributed by atoms with Gasteiger partial charge in [-0.05, 0) is 18.6 Å². The number of hydrogen-bond acceptors (Lipinski definition) is 3. The van der Waals surface area contributed by atoms with Crippen LogP contribution in [0.25, 0.3) is 11.3 Å². The summed E-state index contributed by atoms with van der Waals surface area (Å²) in [6, 6.07) is 9.20. The molecule has 3 rings (SSSR count). The molecule has 0 aliphatic carbocycles. The third-order valence-electron chi connectivity index (χ3n) is 3.84. The highest BCUT2D eigenvalue weighted by Gasteiger charge is 2.25. The van der Waals surface area contributed by atoms with E-state index in [0.717, 1.165) is 12.0 Å². The van der Waals surface area contributed by atoms with Crippen LogP contribution in [0, 0.1) is 0 Å². The van der Waals surface area contributed by atoms with Crippen molar-refractivity contribution in [2.24, 2.45) is 0 Å². The van der Waals surface area contributed by atoms with E-state index in [0.29, 0.717) is 36.1 Å². The Morgan fingerprint density at radius 1 is 1.50 bits per heavy atom. The monoisotopic (exact) mass is 319 g/mol. The number of benzene rings is 1. The van der Waals surface area contributed by atoms with Gasteiger partial charge in [0.25, 0.3) is 5.91 Å². The van der Waals surface area contributed by atoms with Gasteiger partial charge in [-0.1, -0.05) is 36.7 Å². The van der Waals surface area contributed by atoms with E-state index in [1.165, 1.54) is 0 Å². The van der Waals surface area contributed by atoms with E-state index in [1.807, 2.05) is 23.1 Å². The van der Waals surface area contributed by atoms with Gasteiger partial charge < -0.3 is 9.64 Å². The zero-order chi connectivity index (χ0) is 15.5. The number of carbonyl (C=O) groups is 1. The Bertz CT molecular complexity index is 671. The van der Waals surface area contributed by atoms with Crippen LogP contribution in [-0.2, 0) is 4.74 Å². The highest BCUT2D eigenvalue weighted by Crippen LogP contribution is 2.26. The highest BCUT2D eigenvalue weighted by atomic mass is 35.5. The molecule has 1 fully saturated rings. The van der Waals surface area contributed by atoms with Gasteiger partial charge in [0.1, 0.15) is 5.69 Å². The first-order valence-corrected chi connectivity index (χ1v) is 7.78. The first kappa shape index (κ1) is 15.1. The molecule has 0 spiro atoms. The molecule has 0 radical (unpaired) electrons. The molecule has 5 nitrogen and oxygen atoms in total. The van der Waals surface area contributed by atoms with Crippen LogP contribution in [0.3, 0.4) is 0 Å². The average Bonchev–Trinajstić information content (AvgIpc) is 3.04. The molecule has 22 heavy (non-hydrogen) atoms. The first-order valence-electron chi connectivity index (χ1n) is 7.40. The zero-order valence-electron chi connectivity index (χ0n) is 12.4. The third-order valence-corrected chi connectivity index (χ3v) is 4.17. The van der Waals surface area contributed by atoms with E-state index in [9.17, 15) is 4.79 Å². The van der Waals surface area contributed by atoms with Crippen LogP contribution < -0.4 is 0 Å². The van der Waals surface area contributed by atoms with Crippen molar-refractivity contribution >= 4 is 17.5 Å². The Morgan fingerprint density at radius 3 is 3.09 bits per heavy atom. The second-order valence-electron chi connectivity index (χ2n) is 5.30. The van der Waals surface area contributed by atoms with Crippen molar-refractivity contribution in [2.45, 2.75) is 19.4 Å². The maximum atomic E-state index is 12.6. The standard InChI is InChI=1S/C16H18ClN3O2/c1-2-11-10-20(7-8-22-11)16(21)15-9-14(18-19-15)12-5-3-4-6-13(12)17/h3-6,9,11H,2,7-8,10H2,1H3,(H,18,19)/t11-/m1/s1. The van der Waals surface area contributed by atoms with Crippen molar-refractivity contribution in [3.8, 4) is 11.3 Å². The van der Waals surface area contributed by atoms with Gasteiger partial charge in [0.2, 0.25) is 0 Å². The number of hydrogen-bond donors (Lipinski definition) is 1. The molecule has 6 heteroatoms. The topological polar surface area (TPSA) is 58.2 Å². The summed E-state index contributed by atoms with van der Waals surface area (Å²) in [6.45, 7) is 3.87. The van der Waals surface area contributed by atoms with Gasteiger partial charge in [-0.15, -0.1) is 0 Å². The fourth-order valence-corrected chi connectivity index (χ4v) is 2.79. The summed E-state index contributed by atoms with van der Waals surface area (Å²) in [7, 11) is 0. The Morgan fingerprint density at radius 2 is 2.32 bits per heavy atom. The lowest BCUT2D eigenvalue weighted by Gasteiger charge is -2.32. The molecular formula is C16H18ClN3O2. The van der Waals surface area contributed by atoms with Crippen molar-refractivity contribution < 1.29 is 9.53 Å². The predicted molar refractivity (Wildman–Crippen MR) is 85.0 cm³/mol. The molecule has 0 unspecified atom stereocenters. The van der Waals surface area contributed by atoms with Gasteiger partial charge in [-0.2, -0.15) is 5.10 Å². The van der Waals surface area contributed by atoms with Crippen LogP contribution in [0.2, 0.25) is 5.02 Å². The molecule has 2 aromatic rings. The van der Waals surface area contributed by atoms with Crippen LogP contribution in [0.1, 0.15) is 23.8 Å². The molecule has 2 heterocycles. The lowest BCUT2D eigenvalue weighted by Crippen LogP contribution is -2.45. The molecular weight excluding hydrogens is 302 g/mol. The smallest absolute Gasteiger partial charge is 0.272 e. The van der Waals surface area contributed by atoms with Crippen molar-refractivity contribution in [2.75, 3.05) is 19.7 Å². The average molecular weight is 320 g/mol. The number of nitrogens with zero attached hydrogens (tertiary/aromatic N) is 2. The van der Waals surface area contributed by atoms with E-state index in [1.54, 1.807) is 12.1 Å². The maximum Gasteiger partial charge on any atom is 0.272 e. The number of aromatic nitrogens is 2. The minimum absolute atomic E-state index is 0.0486. The van der Waals surface area contributed by atoms with Crippen LogP contribution in [-0.4, -0.2) is 46.8 Å². The molecule has 1 N–H and O–H groups in total. The number of aromatic amines is 1. The van der Waals surface area contributed by atoms with Crippen molar-refractivity contribution in [3.63, 3.8) is 0 Å². The quantitative estimate of drug-likeness (QED) is 0.946. The summed E-state index contributed by atoms with van der Waals surface area (Å²) < 4.78 is 5.60. The van der Waals surface area contributed by atoms with Gasteiger partial charge in [-0.3, -0.25) is 9.89 Å². The van der Waals surface area contributed by atoms with Crippen LogP contribution in [0.5, 0.6) is 0 Å². The normalized spacial score (nSPS) is 18.5. The van der Waals surface area contributed by atoms with Crippen molar-refractivity contribution in [1.29, 1.82) is 0 Å². The molecule has 1 amide bonds. The minimum atomic E-state index is -0.0486. The fraction of sp³-hybridized carbons (Fsp3) is 0.375. The summed E-state index contributed by atoms with van der Waals surface area (Å²) in [5.41, 5.74) is 1.97. The number of morpholine rings is 1. The Hall–Kier alpha value is -1.85. The number of nitrogens with one attached hydrogen (secondary N) is 1. The molecule has 116 valence electrons. The predicted octanol–water partition coefficient (Wildman–Crippen LogP) is 2.98. The van der Waals surface area contributed by atoms with E-state index in [4.69, 9.17) is 16.3 Å². The highest BCUT2D eigenvalue weighted by molar-refractivity contribution is 6.33. The summed E-state index contributed by atoms with van der Waals surface area (Å²) >= 11 is 6.17. The third kappa shape index (κ3) is 3.00. The van der Waals surface area contributed by atoms with Crippen LogP contribution in [0.4, 0.5) is 0 Å². The van der Waals surface area contributed by atoms with Crippen molar-refractivity contribution in [3.05, 3.63) is 41.0 Å². The fourth-order valence-electron chi connectivity index (χ4n) is 2.56. The van der Waals surface area contributed by atoms with Crippen molar-refractivity contribution in [1.82, 2.24) is 15.1 Å². The van der Waals surface area contributed by atoms with Crippen LogP contribution >= 0.6 is 11.6 Å². The summed E-state index contributed by atoms with van der Waals surface area (Å²) in [5.74, 6) is -0.0486. The van der Waals surface area contributed by atoms with E-state index >= 15 is 0 Å². The van der Waals surface area contributed by atoms with Gasteiger partial charge in [0, 0.05) is 18.7 Å². The van der Waals surface area contributed by atoms with Gasteiger partial charge in [-0.25, -0.2) is 0 Å². The SMILES string of the molecule is CC[C@@H]1CN(C(=O)c2cc(-c3ccccc3Cl)n[nH]2)CCO1. The summed E-state index contributed by atoms with van der Waals surface area (Å²) in [4.78, 5) is 14.4. The number of amides is 1. The number of rotatable bonds is 3. The van der Waals surface area contributed by atoms with Gasteiger partial charge in [0.05, 0.1) is 23.4 Å². The number of halogens is 1. The number of ether oxygens (including phenoxy) is 1. The van der Waals surface area contributed by atoms with E-state index in [2.05, 4.69) is 17.1 Å². The second kappa shape index (κ2) is 6.50. The second-order valence-corrected chi connectivity index (χ2v) is 5.71. The Labute approximate surface area is 134 Å². The summed E-state index contributed by atoms with van der Waals surface area (Å²) in [6.07, 6.45) is 1.01. The minimum Gasteiger partial charge on any atom is -0.375 e. The zero-order valence-corrected chi connectivity index (χ0v) is 13.1. The van der Waals surface area contributed by atoms with Crippen LogP contribution in [0.15, 0.2) is 30.3 Å². The molecule has 0 bridgehead atoms. The molecule has 1 aliphatic heterocycles. The Balaban J connectivity index is 1.79. The molecule has 1 aromatic heterocycles. The largest absolute Gasteiger partial charge is 0.375 e. The first-order chi connectivity index (χ1) is 10.7. The molecule has 0 saturated carbocycles. The van der Waals surface area contributed by atoms with E-state index in [-0.39, 0.29) is 12.0 Å². The maximum absolute atomic E-state index is 12.6. The lowest BCUT2D eigenvalue weighted by molar-refractivity contribution is -0.0228. The van der Waals surface area contributed by atoms with Gasteiger partial charge in [0.15, 0.2) is 0 Å². The molecule has 1 aliphatic rings. The molecule has 1 saturated heterocycles. The molecule has 1 aromatic carbocycles. The Kier molecular flexibility index (Phi) is 4.45.